The van der Waals surface area contributed by atoms with E-state index in [2.05, 4.69) is 31.9 Å². The monoisotopic (exact) mass is 346 g/mol. The van der Waals surface area contributed by atoms with Crippen molar-refractivity contribution in [2.45, 2.75) is 0 Å². The third kappa shape index (κ3) is 4.10. The molecule has 2 N–H and O–H groups in total. The number of ether oxygens (including phenoxy) is 1. The first-order valence-corrected chi connectivity index (χ1v) is 7.60. The third-order valence-corrected chi connectivity index (χ3v) is 3.36. The third-order valence-electron chi connectivity index (χ3n) is 3.36. The van der Waals surface area contributed by atoms with E-state index in [4.69, 9.17) is 10.00 Å². The lowest BCUT2D eigenvalue weighted by molar-refractivity contribution is 0.0601. The molecule has 0 aliphatic heterocycles. The Morgan fingerprint density at radius 3 is 2.65 bits per heavy atom. The van der Waals surface area contributed by atoms with Crippen molar-refractivity contribution in [3.05, 3.63) is 65.9 Å². The molecule has 0 unspecified atom stereocenters. The van der Waals surface area contributed by atoms with Crippen LogP contribution in [-0.2, 0) is 4.74 Å². The van der Waals surface area contributed by atoms with Crippen molar-refractivity contribution >= 4 is 29.1 Å². The van der Waals surface area contributed by atoms with E-state index in [0.717, 1.165) is 0 Å². The zero-order valence-corrected chi connectivity index (χ0v) is 13.8. The average molecular weight is 346 g/mol. The second kappa shape index (κ2) is 7.72. The van der Waals surface area contributed by atoms with Gasteiger partial charge in [0.1, 0.15) is 0 Å². The van der Waals surface area contributed by atoms with Gasteiger partial charge in [-0.3, -0.25) is 0 Å². The number of nitrogens with one attached hydrogen (secondary N) is 2. The number of rotatable bonds is 5. The summed E-state index contributed by atoms with van der Waals surface area (Å²) in [5, 5.41) is 22.8. The molecular formula is C18H14N6O2. The lowest BCUT2D eigenvalue weighted by Gasteiger charge is -2.08. The van der Waals surface area contributed by atoms with Crippen LogP contribution < -0.4 is 10.6 Å². The van der Waals surface area contributed by atoms with Gasteiger partial charge in [-0.15, -0.1) is 5.10 Å². The van der Waals surface area contributed by atoms with Crippen LogP contribution in [0.15, 0.2) is 54.7 Å². The summed E-state index contributed by atoms with van der Waals surface area (Å²) in [5.74, 6) is 0.288. The van der Waals surface area contributed by atoms with Crippen LogP contribution in [-0.4, -0.2) is 28.3 Å². The van der Waals surface area contributed by atoms with Crippen LogP contribution in [0.25, 0.3) is 0 Å². The maximum Gasteiger partial charge on any atom is 0.337 e. The lowest BCUT2D eigenvalue weighted by Crippen LogP contribution is -2.04. The maximum atomic E-state index is 11.6. The standard InChI is InChI=1S/C18H14N6O2/c1-26-17(25)13-5-3-7-15(9-13)22-18-23-16(11-20-24-18)21-14-6-2-4-12(8-14)10-19/h2-9,11H,1H3,(H2,21,22,23,24). The zero-order chi connectivity index (χ0) is 18.4. The molecule has 2 aromatic carbocycles. The Bertz CT molecular complexity index is 983. The van der Waals surface area contributed by atoms with Gasteiger partial charge in [0, 0.05) is 11.4 Å². The van der Waals surface area contributed by atoms with Gasteiger partial charge in [0.15, 0.2) is 5.82 Å². The first-order chi connectivity index (χ1) is 12.7. The van der Waals surface area contributed by atoms with Crippen LogP contribution in [0.4, 0.5) is 23.1 Å². The number of nitrogens with zero attached hydrogens (tertiary/aromatic N) is 4. The second-order valence-electron chi connectivity index (χ2n) is 5.18. The van der Waals surface area contributed by atoms with Crippen LogP contribution in [0.2, 0.25) is 0 Å². The number of hydrogen-bond donors (Lipinski definition) is 2. The summed E-state index contributed by atoms with van der Waals surface area (Å²) in [6.45, 7) is 0. The van der Waals surface area contributed by atoms with E-state index in [0.29, 0.717) is 28.3 Å². The Balaban J connectivity index is 1.77. The molecule has 128 valence electrons. The highest BCUT2D eigenvalue weighted by atomic mass is 16.5. The first kappa shape index (κ1) is 16.9. The molecule has 0 aliphatic carbocycles. The molecule has 8 nitrogen and oxygen atoms in total. The smallest absolute Gasteiger partial charge is 0.337 e. The number of methoxy groups -OCH3 is 1. The molecule has 0 amide bonds. The number of carbonyl (C=O) groups is 1. The van der Waals surface area contributed by atoms with Gasteiger partial charge in [-0.25, -0.2) is 4.79 Å². The van der Waals surface area contributed by atoms with Gasteiger partial charge in [0.2, 0.25) is 5.95 Å². The molecule has 0 radical (unpaired) electrons. The SMILES string of the molecule is COC(=O)c1cccc(Nc2nncc(Nc3cccc(C#N)c3)n2)c1. The van der Waals surface area contributed by atoms with Crippen molar-refractivity contribution in [3.63, 3.8) is 0 Å². The normalized spacial score (nSPS) is 9.85. The molecule has 26 heavy (non-hydrogen) atoms. The molecule has 3 rings (SSSR count). The number of carbonyl (C=O) groups excluding carboxylic acids is 1. The van der Waals surface area contributed by atoms with Crippen molar-refractivity contribution in [3.8, 4) is 6.07 Å². The predicted molar refractivity (Wildman–Crippen MR) is 95.3 cm³/mol. The van der Waals surface area contributed by atoms with Crippen LogP contribution in [0.3, 0.4) is 0 Å². The number of anilines is 4. The summed E-state index contributed by atoms with van der Waals surface area (Å²) in [6.07, 6.45) is 1.47. The number of esters is 1. The van der Waals surface area contributed by atoms with Crippen molar-refractivity contribution < 1.29 is 9.53 Å². The maximum absolute atomic E-state index is 11.6. The summed E-state index contributed by atoms with van der Waals surface area (Å²) in [6, 6.07) is 15.9. The Labute approximate surface area is 149 Å². The van der Waals surface area contributed by atoms with Crippen LogP contribution in [0.1, 0.15) is 15.9 Å². The van der Waals surface area contributed by atoms with Crippen LogP contribution in [0, 0.1) is 11.3 Å². The Morgan fingerprint density at radius 1 is 1.12 bits per heavy atom. The highest BCUT2D eigenvalue weighted by Crippen LogP contribution is 2.18. The average Bonchev–Trinajstić information content (AvgIpc) is 2.68. The summed E-state index contributed by atoms with van der Waals surface area (Å²) >= 11 is 0. The molecule has 0 saturated carbocycles. The van der Waals surface area contributed by atoms with Crippen LogP contribution in [0.5, 0.6) is 0 Å². The van der Waals surface area contributed by atoms with E-state index in [9.17, 15) is 4.79 Å². The van der Waals surface area contributed by atoms with Gasteiger partial charge >= 0.3 is 5.97 Å². The van der Waals surface area contributed by atoms with Crippen LogP contribution >= 0.6 is 0 Å². The van der Waals surface area contributed by atoms with E-state index in [1.165, 1.54) is 13.3 Å². The Kier molecular flexibility index (Phi) is 5.00. The fourth-order valence-electron chi connectivity index (χ4n) is 2.20. The minimum Gasteiger partial charge on any atom is -0.465 e. The van der Waals surface area contributed by atoms with Crippen molar-refractivity contribution in [2.75, 3.05) is 17.7 Å². The van der Waals surface area contributed by atoms with E-state index in [-0.39, 0.29) is 5.95 Å². The summed E-state index contributed by atoms with van der Waals surface area (Å²) in [4.78, 5) is 15.9. The van der Waals surface area contributed by atoms with Gasteiger partial charge in [-0.2, -0.15) is 15.3 Å². The zero-order valence-electron chi connectivity index (χ0n) is 13.8. The largest absolute Gasteiger partial charge is 0.465 e. The number of benzene rings is 2. The van der Waals surface area contributed by atoms with Gasteiger partial charge < -0.3 is 15.4 Å². The number of aromatic nitrogens is 3. The lowest BCUT2D eigenvalue weighted by atomic mass is 10.2. The Hall–Kier alpha value is -3.99. The number of hydrogen-bond acceptors (Lipinski definition) is 8. The van der Waals surface area contributed by atoms with Gasteiger partial charge in [-0.05, 0) is 36.4 Å². The number of nitriles is 1. The van der Waals surface area contributed by atoms with E-state index in [1.54, 1.807) is 42.5 Å². The molecule has 0 saturated heterocycles. The molecule has 1 heterocycles. The first-order valence-electron chi connectivity index (χ1n) is 7.60. The highest BCUT2D eigenvalue weighted by Gasteiger charge is 2.07. The molecular weight excluding hydrogens is 332 g/mol. The molecule has 0 aliphatic rings. The second-order valence-corrected chi connectivity index (χ2v) is 5.18. The van der Waals surface area contributed by atoms with Crippen molar-refractivity contribution in [1.29, 1.82) is 5.26 Å². The molecule has 8 heteroatoms. The minimum atomic E-state index is -0.430. The van der Waals surface area contributed by atoms with E-state index in [1.807, 2.05) is 6.07 Å². The van der Waals surface area contributed by atoms with Gasteiger partial charge in [0.25, 0.3) is 0 Å². The molecule has 1 aromatic heterocycles. The van der Waals surface area contributed by atoms with Gasteiger partial charge in [0.05, 0.1) is 30.5 Å². The summed E-state index contributed by atoms with van der Waals surface area (Å²) in [7, 11) is 1.33. The summed E-state index contributed by atoms with van der Waals surface area (Å²) < 4.78 is 4.70. The van der Waals surface area contributed by atoms with Gasteiger partial charge in [-0.1, -0.05) is 12.1 Å². The van der Waals surface area contributed by atoms with E-state index < -0.39 is 5.97 Å². The topological polar surface area (TPSA) is 113 Å². The quantitative estimate of drug-likeness (QED) is 0.678. The Morgan fingerprint density at radius 2 is 1.88 bits per heavy atom. The molecule has 0 bridgehead atoms. The molecule has 0 spiro atoms. The van der Waals surface area contributed by atoms with E-state index >= 15 is 0 Å². The highest BCUT2D eigenvalue weighted by molar-refractivity contribution is 5.90. The predicted octanol–water partition coefficient (Wildman–Crippen LogP) is 3.02. The van der Waals surface area contributed by atoms with Crippen molar-refractivity contribution in [1.82, 2.24) is 15.2 Å². The molecule has 0 atom stereocenters. The summed E-state index contributed by atoms with van der Waals surface area (Å²) in [5.41, 5.74) is 2.28. The minimum absolute atomic E-state index is 0.258. The fourth-order valence-corrected chi connectivity index (χ4v) is 2.20. The molecule has 0 fully saturated rings. The molecule has 3 aromatic rings. The fraction of sp³-hybridized carbons (Fsp3) is 0.0556. The van der Waals surface area contributed by atoms with Crippen molar-refractivity contribution in [2.24, 2.45) is 0 Å².